The van der Waals surface area contributed by atoms with Crippen molar-refractivity contribution in [2.24, 2.45) is 0 Å². The monoisotopic (exact) mass is 428 g/mol. The Kier molecular flexibility index (Phi) is 7.73. The molecule has 2 N–H and O–H groups in total. The molecule has 0 amide bonds. The Labute approximate surface area is 182 Å². The minimum atomic E-state index is -0.944. The van der Waals surface area contributed by atoms with Crippen LogP contribution in [0.15, 0.2) is 41.3 Å². The van der Waals surface area contributed by atoms with Gasteiger partial charge in [0, 0.05) is 10.5 Å². The van der Waals surface area contributed by atoms with Gasteiger partial charge in [-0.1, -0.05) is 76.6 Å². The average molecular weight is 429 g/mol. The van der Waals surface area contributed by atoms with Crippen LogP contribution in [0.2, 0.25) is 0 Å². The van der Waals surface area contributed by atoms with Crippen molar-refractivity contribution < 1.29 is 24.5 Å². The van der Waals surface area contributed by atoms with Crippen LogP contribution in [0.5, 0.6) is 0 Å². The fourth-order valence-electron chi connectivity index (χ4n) is 2.96. The van der Waals surface area contributed by atoms with Gasteiger partial charge in [0.15, 0.2) is 0 Å². The lowest BCUT2D eigenvalue weighted by molar-refractivity contribution is -0.432. The summed E-state index contributed by atoms with van der Waals surface area (Å²) >= 11 is 0.948. The van der Waals surface area contributed by atoms with Gasteiger partial charge in [0.25, 0.3) is 0 Å². The van der Waals surface area contributed by atoms with Crippen LogP contribution >= 0.6 is 12.0 Å². The number of hydrogen-bond donors (Lipinski definition) is 2. The zero-order valence-corrected chi connectivity index (χ0v) is 19.0. The summed E-state index contributed by atoms with van der Waals surface area (Å²) in [5.74, 6) is 4.73. The van der Waals surface area contributed by atoms with E-state index in [0.717, 1.165) is 44.8 Å². The molecule has 0 unspecified atom stereocenters. The van der Waals surface area contributed by atoms with E-state index in [2.05, 4.69) is 64.5 Å². The fourth-order valence-corrected chi connectivity index (χ4v) is 3.71. The van der Waals surface area contributed by atoms with Gasteiger partial charge >= 0.3 is 5.97 Å². The maximum Gasteiger partial charge on any atom is 0.315 e. The molecule has 0 aromatic heterocycles. The van der Waals surface area contributed by atoms with Crippen LogP contribution in [0, 0.1) is 11.8 Å². The number of rotatable bonds is 5. The van der Waals surface area contributed by atoms with Gasteiger partial charge in [0.2, 0.25) is 0 Å². The Morgan fingerprint density at radius 1 is 1.00 bits per heavy atom. The Balaban J connectivity index is 2.60. The molecule has 0 radical (unpaired) electrons. The third-order valence-electron chi connectivity index (χ3n) is 4.55. The van der Waals surface area contributed by atoms with Gasteiger partial charge in [-0.05, 0) is 51.3 Å². The molecule has 0 saturated carbocycles. The molecule has 0 fully saturated rings. The van der Waals surface area contributed by atoms with Gasteiger partial charge in [-0.15, -0.1) is 4.33 Å². The first-order valence-electron chi connectivity index (χ1n) is 9.57. The summed E-state index contributed by atoms with van der Waals surface area (Å²) in [4.78, 5) is 11.6. The molecular weight excluding hydrogens is 400 g/mol. The van der Waals surface area contributed by atoms with Crippen LogP contribution in [0.4, 0.5) is 0 Å². The van der Waals surface area contributed by atoms with Crippen LogP contribution in [-0.2, 0) is 25.0 Å². The van der Waals surface area contributed by atoms with Gasteiger partial charge in [-0.25, -0.2) is 5.26 Å². The Hall–Kier alpha value is -2.30. The Morgan fingerprint density at radius 3 is 2.27 bits per heavy atom. The van der Waals surface area contributed by atoms with E-state index in [1.807, 2.05) is 30.3 Å². The van der Waals surface area contributed by atoms with Crippen molar-refractivity contribution in [1.82, 2.24) is 0 Å². The van der Waals surface area contributed by atoms with E-state index in [-0.39, 0.29) is 17.3 Å². The van der Waals surface area contributed by atoms with E-state index >= 15 is 0 Å². The van der Waals surface area contributed by atoms with E-state index < -0.39 is 5.97 Å². The number of hydrogen-bond acceptors (Lipinski definition) is 5. The maximum absolute atomic E-state index is 10.8. The van der Waals surface area contributed by atoms with Crippen molar-refractivity contribution in [1.29, 1.82) is 0 Å². The predicted octanol–water partition coefficient (Wildman–Crippen LogP) is 6.20. The van der Waals surface area contributed by atoms with Crippen LogP contribution in [0.25, 0.3) is 11.1 Å². The van der Waals surface area contributed by atoms with Gasteiger partial charge in [-0.3, -0.25) is 4.79 Å². The standard InChI is InChI=1S/C24H28O5S/c1-23(2,3)19-13-16(8-7-9-22(25)26)12-18(14-19)17-10-11-20(24(4,5)6)21(15-17)30-29-28-27/h10-15,27H,9H2,1-6H3,(H,25,26). The summed E-state index contributed by atoms with van der Waals surface area (Å²) in [6.45, 7) is 12.7. The number of carboxylic acid groups (broad SMARTS) is 1. The van der Waals surface area contributed by atoms with Gasteiger partial charge in [0.1, 0.15) is 6.42 Å². The molecule has 5 nitrogen and oxygen atoms in total. The fraction of sp³-hybridized carbons (Fsp3) is 0.375. The first kappa shape index (κ1) is 24.0. The second-order valence-electron chi connectivity index (χ2n) is 9.11. The largest absolute Gasteiger partial charge is 0.481 e. The first-order chi connectivity index (χ1) is 13.9. The summed E-state index contributed by atoms with van der Waals surface area (Å²) in [5.41, 5.74) is 4.62. The topological polar surface area (TPSA) is 76.0 Å². The van der Waals surface area contributed by atoms with Gasteiger partial charge in [0.05, 0.1) is 12.0 Å². The third kappa shape index (κ3) is 6.61. The van der Waals surface area contributed by atoms with E-state index in [1.165, 1.54) is 0 Å². The minimum Gasteiger partial charge on any atom is -0.481 e. The van der Waals surface area contributed by atoms with Crippen molar-refractivity contribution in [3.8, 4) is 23.0 Å². The predicted molar refractivity (Wildman–Crippen MR) is 119 cm³/mol. The second-order valence-corrected chi connectivity index (χ2v) is 9.85. The zero-order chi connectivity index (χ0) is 22.5. The van der Waals surface area contributed by atoms with Crippen molar-refractivity contribution in [2.45, 2.75) is 63.7 Å². The number of carboxylic acids is 1. The summed E-state index contributed by atoms with van der Waals surface area (Å²) in [6, 6.07) is 12.1. The summed E-state index contributed by atoms with van der Waals surface area (Å²) in [5, 5.41) is 21.2. The van der Waals surface area contributed by atoms with E-state index in [0.29, 0.717) is 0 Å². The molecular formula is C24H28O5S. The highest BCUT2D eigenvalue weighted by atomic mass is 32.2. The molecule has 2 rings (SSSR count). The van der Waals surface area contributed by atoms with Crippen molar-refractivity contribution in [3.63, 3.8) is 0 Å². The average Bonchev–Trinajstić information content (AvgIpc) is 2.64. The molecule has 0 aliphatic rings. The Morgan fingerprint density at radius 2 is 1.70 bits per heavy atom. The summed E-state index contributed by atoms with van der Waals surface area (Å²) in [6.07, 6.45) is -0.200. The molecule has 0 heterocycles. The molecule has 2 aromatic rings. The molecule has 0 aliphatic carbocycles. The van der Waals surface area contributed by atoms with Gasteiger partial charge < -0.3 is 5.11 Å². The summed E-state index contributed by atoms with van der Waals surface area (Å²) in [7, 11) is 0. The highest BCUT2D eigenvalue weighted by molar-refractivity contribution is 7.94. The highest BCUT2D eigenvalue weighted by Gasteiger charge is 2.21. The molecule has 0 bridgehead atoms. The van der Waals surface area contributed by atoms with Gasteiger partial charge in [-0.2, -0.15) is 0 Å². The van der Waals surface area contributed by atoms with Crippen LogP contribution in [-0.4, -0.2) is 16.3 Å². The number of aliphatic carboxylic acids is 1. The maximum atomic E-state index is 10.8. The highest BCUT2D eigenvalue weighted by Crippen LogP contribution is 2.37. The zero-order valence-electron chi connectivity index (χ0n) is 18.2. The number of carbonyl (C=O) groups is 1. The smallest absolute Gasteiger partial charge is 0.315 e. The minimum absolute atomic E-state index is 0.101. The number of benzene rings is 2. The molecule has 0 atom stereocenters. The molecule has 2 aromatic carbocycles. The van der Waals surface area contributed by atoms with Crippen molar-refractivity contribution >= 4 is 18.0 Å². The Bertz CT molecular complexity index is 972. The molecule has 0 aliphatic heterocycles. The SMILES string of the molecule is CC(C)(C)c1cc(C#CCC(=O)O)cc(-c2ccc(C(C)(C)C)c(SOOO)c2)c1. The van der Waals surface area contributed by atoms with Crippen LogP contribution in [0.1, 0.15) is 64.7 Å². The third-order valence-corrected chi connectivity index (χ3v) is 5.19. The lowest BCUT2D eigenvalue weighted by Gasteiger charge is -2.23. The van der Waals surface area contributed by atoms with Crippen molar-refractivity contribution in [2.75, 3.05) is 0 Å². The second kappa shape index (κ2) is 9.67. The lowest BCUT2D eigenvalue weighted by Crippen LogP contribution is -2.13. The van der Waals surface area contributed by atoms with E-state index in [1.54, 1.807) is 0 Å². The molecule has 0 spiro atoms. The normalized spacial score (nSPS) is 11.7. The molecule has 160 valence electrons. The first-order valence-corrected chi connectivity index (χ1v) is 10.3. The lowest BCUT2D eigenvalue weighted by atomic mass is 9.83. The molecule has 6 heteroatoms. The molecule has 0 saturated heterocycles. The molecule has 30 heavy (non-hydrogen) atoms. The van der Waals surface area contributed by atoms with E-state index in [4.69, 9.17) is 14.7 Å². The summed E-state index contributed by atoms with van der Waals surface area (Å²) < 4.78 is 4.72. The van der Waals surface area contributed by atoms with Crippen molar-refractivity contribution in [3.05, 3.63) is 53.1 Å². The quantitative estimate of drug-likeness (QED) is 0.255. The van der Waals surface area contributed by atoms with Crippen LogP contribution in [0.3, 0.4) is 0 Å². The van der Waals surface area contributed by atoms with E-state index in [9.17, 15) is 4.79 Å². The van der Waals surface area contributed by atoms with Crippen LogP contribution < -0.4 is 0 Å².